The highest BCUT2D eigenvalue weighted by molar-refractivity contribution is 5.84. The average Bonchev–Trinajstić information content (AvgIpc) is 2.30. The van der Waals surface area contributed by atoms with E-state index in [1.807, 2.05) is 0 Å². The summed E-state index contributed by atoms with van der Waals surface area (Å²) in [5, 5.41) is 8.44. The maximum absolute atomic E-state index is 11.4. The largest absolute Gasteiger partial charge is 0.481 e. The first-order chi connectivity index (χ1) is 8.07. The number of hydrogen-bond acceptors (Lipinski definition) is 5. The molecule has 3 N–H and O–H groups in total. The van der Waals surface area contributed by atoms with Crippen LogP contribution in [0, 0.1) is 0 Å². The van der Waals surface area contributed by atoms with Crippen LogP contribution in [0.4, 0.5) is 0 Å². The van der Waals surface area contributed by atoms with Crippen LogP contribution >= 0.6 is 0 Å². The molecule has 0 aliphatic carbocycles. The van der Waals surface area contributed by atoms with Crippen LogP contribution in [0.1, 0.15) is 25.7 Å². The molecule has 0 aliphatic heterocycles. The topological polar surface area (TPSA) is 98.9 Å². The zero-order valence-corrected chi connectivity index (χ0v) is 10.2. The molecule has 0 aromatic carbocycles. The Morgan fingerprint density at radius 2 is 1.94 bits per heavy atom. The molecule has 0 aromatic heterocycles. The lowest BCUT2D eigenvalue weighted by atomic mass is 10.0. The highest BCUT2D eigenvalue weighted by Gasteiger charge is 2.14. The molecule has 0 spiro atoms. The molecule has 0 saturated carbocycles. The zero-order chi connectivity index (χ0) is 13.1. The van der Waals surface area contributed by atoms with E-state index in [4.69, 9.17) is 20.3 Å². The fraction of sp³-hybridized carbons (Fsp3) is 0.818. The SMILES string of the molecule is COCCOCCCC(=O)C(N)CCC(=O)O. The highest BCUT2D eigenvalue weighted by Crippen LogP contribution is 2.01. The number of rotatable bonds is 11. The summed E-state index contributed by atoms with van der Waals surface area (Å²) in [7, 11) is 1.59. The van der Waals surface area contributed by atoms with Gasteiger partial charge in [-0.3, -0.25) is 9.59 Å². The number of nitrogens with two attached hydrogens (primary N) is 1. The van der Waals surface area contributed by atoms with Crippen LogP contribution in [0.3, 0.4) is 0 Å². The molecule has 100 valence electrons. The van der Waals surface area contributed by atoms with Gasteiger partial charge < -0.3 is 20.3 Å². The van der Waals surface area contributed by atoms with Crippen LogP contribution in [0.25, 0.3) is 0 Å². The van der Waals surface area contributed by atoms with Gasteiger partial charge in [-0.05, 0) is 12.8 Å². The van der Waals surface area contributed by atoms with Crippen LogP contribution in [-0.2, 0) is 19.1 Å². The second kappa shape index (κ2) is 10.2. The van der Waals surface area contributed by atoms with Gasteiger partial charge in [-0.1, -0.05) is 0 Å². The minimum atomic E-state index is -0.934. The number of carboxylic acids is 1. The molecule has 1 unspecified atom stereocenters. The molecule has 0 heterocycles. The number of ether oxygens (including phenoxy) is 2. The van der Waals surface area contributed by atoms with Gasteiger partial charge in [0.1, 0.15) is 5.78 Å². The third-order valence-electron chi connectivity index (χ3n) is 2.23. The van der Waals surface area contributed by atoms with Crippen molar-refractivity contribution >= 4 is 11.8 Å². The lowest BCUT2D eigenvalue weighted by Crippen LogP contribution is -2.31. The average molecular weight is 247 g/mol. The van der Waals surface area contributed by atoms with Crippen molar-refractivity contribution in [3.63, 3.8) is 0 Å². The molecule has 0 radical (unpaired) electrons. The van der Waals surface area contributed by atoms with Crippen molar-refractivity contribution in [1.82, 2.24) is 0 Å². The van der Waals surface area contributed by atoms with Crippen molar-refractivity contribution < 1.29 is 24.2 Å². The van der Waals surface area contributed by atoms with Crippen molar-refractivity contribution in [2.75, 3.05) is 26.9 Å². The first-order valence-electron chi connectivity index (χ1n) is 5.64. The number of methoxy groups -OCH3 is 1. The Morgan fingerprint density at radius 1 is 1.24 bits per heavy atom. The lowest BCUT2D eigenvalue weighted by molar-refractivity contribution is -0.137. The Hall–Kier alpha value is -0.980. The van der Waals surface area contributed by atoms with Gasteiger partial charge in [0.25, 0.3) is 0 Å². The van der Waals surface area contributed by atoms with Crippen LogP contribution < -0.4 is 5.73 Å². The summed E-state index contributed by atoms with van der Waals surface area (Å²) < 4.78 is 9.98. The monoisotopic (exact) mass is 247 g/mol. The van der Waals surface area contributed by atoms with Crippen molar-refractivity contribution in [3.8, 4) is 0 Å². The van der Waals surface area contributed by atoms with E-state index in [1.165, 1.54) is 0 Å². The molecular formula is C11H21NO5. The lowest BCUT2D eigenvalue weighted by Gasteiger charge is -2.09. The van der Waals surface area contributed by atoms with E-state index in [9.17, 15) is 9.59 Å². The Balaban J connectivity index is 3.47. The van der Waals surface area contributed by atoms with Gasteiger partial charge in [-0.15, -0.1) is 0 Å². The van der Waals surface area contributed by atoms with Gasteiger partial charge in [-0.25, -0.2) is 0 Å². The number of Topliss-reactive ketones (excluding diaryl/α,β-unsaturated/α-hetero) is 1. The predicted molar refractivity (Wildman–Crippen MR) is 61.8 cm³/mol. The molecule has 1 atom stereocenters. The van der Waals surface area contributed by atoms with Gasteiger partial charge in [-0.2, -0.15) is 0 Å². The molecule has 0 amide bonds. The summed E-state index contributed by atoms with van der Waals surface area (Å²) in [6.45, 7) is 1.53. The van der Waals surface area contributed by atoms with E-state index in [0.29, 0.717) is 32.7 Å². The highest BCUT2D eigenvalue weighted by atomic mass is 16.5. The fourth-order valence-corrected chi connectivity index (χ4v) is 1.22. The molecule has 0 aromatic rings. The Morgan fingerprint density at radius 3 is 2.53 bits per heavy atom. The third kappa shape index (κ3) is 9.92. The van der Waals surface area contributed by atoms with Crippen molar-refractivity contribution in [2.45, 2.75) is 31.7 Å². The van der Waals surface area contributed by atoms with Gasteiger partial charge >= 0.3 is 5.97 Å². The molecule has 6 heteroatoms. The molecule has 0 bridgehead atoms. The molecule has 0 saturated heterocycles. The molecule has 0 rings (SSSR count). The van der Waals surface area contributed by atoms with Crippen molar-refractivity contribution in [1.29, 1.82) is 0 Å². The normalized spacial score (nSPS) is 12.4. The van der Waals surface area contributed by atoms with E-state index in [2.05, 4.69) is 0 Å². The molecule has 0 aliphatic rings. The van der Waals surface area contributed by atoms with E-state index >= 15 is 0 Å². The smallest absolute Gasteiger partial charge is 0.303 e. The summed E-state index contributed by atoms with van der Waals surface area (Å²) in [5.41, 5.74) is 5.55. The maximum atomic E-state index is 11.4. The number of carboxylic acid groups (broad SMARTS) is 1. The van der Waals surface area contributed by atoms with Gasteiger partial charge in [0.05, 0.1) is 19.3 Å². The summed E-state index contributed by atoms with van der Waals surface area (Å²) in [5.74, 6) is -1.04. The fourth-order valence-electron chi connectivity index (χ4n) is 1.22. The van der Waals surface area contributed by atoms with Gasteiger partial charge in [0, 0.05) is 26.6 Å². The second-order valence-electron chi connectivity index (χ2n) is 3.71. The number of carbonyl (C=O) groups is 2. The maximum Gasteiger partial charge on any atom is 0.303 e. The van der Waals surface area contributed by atoms with E-state index in [-0.39, 0.29) is 18.6 Å². The minimum Gasteiger partial charge on any atom is -0.481 e. The molecule has 17 heavy (non-hydrogen) atoms. The molecule has 0 fully saturated rings. The first kappa shape index (κ1) is 16.0. The van der Waals surface area contributed by atoms with Crippen molar-refractivity contribution in [2.24, 2.45) is 5.73 Å². The number of aliphatic carboxylic acids is 1. The minimum absolute atomic E-state index is 0.0722. The summed E-state index contributed by atoms with van der Waals surface area (Å²) in [4.78, 5) is 21.7. The van der Waals surface area contributed by atoms with Crippen LogP contribution in [0.15, 0.2) is 0 Å². The second-order valence-corrected chi connectivity index (χ2v) is 3.71. The number of carbonyl (C=O) groups excluding carboxylic acids is 1. The standard InChI is InChI=1S/C11H21NO5/c1-16-7-8-17-6-2-3-10(13)9(12)4-5-11(14)15/h9H,2-8,12H2,1H3,(H,14,15). The van der Waals surface area contributed by atoms with Crippen LogP contribution in [-0.4, -0.2) is 49.8 Å². The van der Waals surface area contributed by atoms with E-state index in [1.54, 1.807) is 7.11 Å². The predicted octanol–water partition coefficient (Wildman–Crippen LogP) is 0.191. The Labute approximate surface area is 101 Å². The summed E-state index contributed by atoms with van der Waals surface area (Å²) in [6.07, 6.45) is 1.05. The van der Waals surface area contributed by atoms with Crippen LogP contribution in [0.5, 0.6) is 0 Å². The number of ketones is 1. The quantitative estimate of drug-likeness (QED) is 0.506. The summed E-state index contributed by atoms with van der Waals surface area (Å²) >= 11 is 0. The first-order valence-corrected chi connectivity index (χ1v) is 5.64. The van der Waals surface area contributed by atoms with Gasteiger partial charge in [0.2, 0.25) is 0 Å². The zero-order valence-electron chi connectivity index (χ0n) is 10.2. The van der Waals surface area contributed by atoms with E-state index < -0.39 is 12.0 Å². The van der Waals surface area contributed by atoms with E-state index in [0.717, 1.165) is 0 Å². The third-order valence-corrected chi connectivity index (χ3v) is 2.23. The summed E-state index contributed by atoms with van der Waals surface area (Å²) in [6, 6.07) is -0.676. The molecule has 6 nitrogen and oxygen atoms in total. The van der Waals surface area contributed by atoms with Crippen molar-refractivity contribution in [3.05, 3.63) is 0 Å². The molecular weight excluding hydrogens is 226 g/mol. The van der Waals surface area contributed by atoms with Gasteiger partial charge in [0.15, 0.2) is 0 Å². The number of hydrogen-bond donors (Lipinski definition) is 2. The van der Waals surface area contributed by atoms with Crippen LogP contribution in [0.2, 0.25) is 0 Å². The Bertz CT molecular complexity index is 232. The Kier molecular flexibility index (Phi) is 9.60.